The molecule has 0 aliphatic carbocycles. The summed E-state index contributed by atoms with van der Waals surface area (Å²) in [7, 11) is -3.53. The first-order valence-electron chi connectivity index (χ1n) is 9.51. The van der Waals surface area contributed by atoms with E-state index in [9.17, 15) is 13.2 Å². The molecular formula is C21H22N2O4S2. The van der Waals surface area contributed by atoms with Crippen molar-refractivity contribution in [1.29, 1.82) is 0 Å². The van der Waals surface area contributed by atoms with Crippen LogP contribution < -0.4 is 0 Å². The second-order valence-electron chi connectivity index (χ2n) is 7.17. The van der Waals surface area contributed by atoms with Gasteiger partial charge in [-0.3, -0.25) is 4.79 Å². The van der Waals surface area contributed by atoms with E-state index in [0.717, 1.165) is 20.8 Å². The number of carbonyl (C=O) groups excluding carboxylic acids is 1. The molecule has 6 nitrogen and oxygen atoms in total. The van der Waals surface area contributed by atoms with Crippen LogP contribution >= 0.6 is 11.3 Å². The molecule has 0 amide bonds. The zero-order valence-corrected chi connectivity index (χ0v) is 17.7. The first-order valence-corrected chi connectivity index (χ1v) is 11.8. The number of thiazole rings is 1. The average molecular weight is 431 g/mol. The van der Waals surface area contributed by atoms with Crippen LogP contribution in [0.25, 0.3) is 10.2 Å². The average Bonchev–Trinajstić information content (AvgIpc) is 3.15. The summed E-state index contributed by atoms with van der Waals surface area (Å²) < 4.78 is 33.5. The summed E-state index contributed by atoms with van der Waals surface area (Å²) in [5, 5.41) is 0.763. The number of aromatic nitrogens is 1. The predicted molar refractivity (Wildman–Crippen MR) is 112 cm³/mol. The maximum absolute atomic E-state index is 12.8. The van der Waals surface area contributed by atoms with Crippen LogP contribution in [-0.2, 0) is 26.2 Å². The summed E-state index contributed by atoms with van der Waals surface area (Å²) in [6.45, 7) is 2.70. The number of para-hydroxylation sites is 1. The first-order chi connectivity index (χ1) is 13.9. The molecular weight excluding hydrogens is 408 g/mol. The molecule has 29 heavy (non-hydrogen) atoms. The Morgan fingerprint density at radius 2 is 1.83 bits per heavy atom. The van der Waals surface area contributed by atoms with Crippen molar-refractivity contribution in [2.24, 2.45) is 5.92 Å². The Balaban J connectivity index is 1.32. The van der Waals surface area contributed by atoms with E-state index < -0.39 is 10.0 Å². The van der Waals surface area contributed by atoms with Crippen LogP contribution in [-0.4, -0.2) is 36.8 Å². The minimum absolute atomic E-state index is 0.153. The number of fused-ring (bicyclic) bond motifs is 1. The molecule has 1 aliphatic rings. The molecule has 0 atom stereocenters. The highest BCUT2D eigenvalue weighted by atomic mass is 32.2. The zero-order chi connectivity index (χ0) is 20.4. The van der Waals surface area contributed by atoms with Crippen LogP contribution in [0.4, 0.5) is 0 Å². The molecule has 0 radical (unpaired) electrons. The Bertz CT molecular complexity index is 1080. The Kier molecular flexibility index (Phi) is 5.67. The smallest absolute Gasteiger partial charge is 0.309 e. The highest BCUT2D eigenvalue weighted by Crippen LogP contribution is 2.26. The van der Waals surface area contributed by atoms with Crippen molar-refractivity contribution in [2.45, 2.75) is 31.3 Å². The third-order valence-corrected chi connectivity index (χ3v) is 8.04. The van der Waals surface area contributed by atoms with Gasteiger partial charge in [0.15, 0.2) is 0 Å². The molecule has 4 rings (SSSR count). The summed E-state index contributed by atoms with van der Waals surface area (Å²) in [5.41, 5.74) is 1.91. The number of rotatable bonds is 5. The molecule has 1 saturated heterocycles. The van der Waals surface area contributed by atoms with E-state index in [4.69, 9.17) is 4.74 Å². The third kappa shape index (κ3) is 4.34. The van der Waals surface area contributed by atoms with Crippen LogP contribution in [0, 0.1) is 12.8 Å². The lowest BCUT2D eigenvalue weighted by Gasteiger charge is -2.30. The zero-order valence-electron chi connectivity index (χ0n) is 16.1. The van der Waals surface area contributed by atoms with E-state index in [1.165, 1.54) is 15.6 Å². The minimum Gasteiger partial charge on any atom is -0.458 e. The first kappa shape index (κ1) is 20.0. The van der Waals surface area contributed by atoms with Gasteiger partial charge in [0.05, 0.1) is 21.0 Å². The second kappa shape index (κ2) is 8.22. The van der Waals surface area contributed by atoms with Crippen molar-refractivity contribution in [3.05, 3.63) is 59.1 Å². The lowest BCUT2D eigenvalue weighted by atomic mass is 9.98. The van der Waals surface area contributed by atoms with Crippen molar-refractivity contribution in [1.82, 2.24) is 9.29 Å². The SMILES string of the molecule is Cc1ccc(S(=O)(=O)N2CCC(C(=O)OCc3nc4ccccc4s3)CC2)cc1. The fraction of sp³-hybridized carbons (Fsp3) is 0.333. The van der Waals surface area contributed by atoms with E-state index in [1.54, 1.807) is 24.3 Å². The number of carbonyl (C=O) groups is 1. The molecule has 8 heteroatoms. The molecule has 0 spiro atoms. The van der Waals surface area contributed by atoms with Gasteiger partial charge in [-0.25, -0.2) is 13.4 Å². The quantitative estimate of drug-likeness (QED) is 0.576. The maximum Gasteiger partial charge on any atom is 0.309 e. The standard InChI is InChI=1S/C21H22N2O4S2/c1-15-6-8-17(9-7-15)29(25,26)23-12-10-16(11-13-23)21(24)27-14-20-22-18-4-2-3-5-19(18)28-20/h2-9,16H,10-14H2,1H3. The largest absolute Gasteiger partial charge is 0.458 e. The number of sulfonamides is 1. The number of ether oxygens (including phenoxy) is 1. The minimum atomic E-state index is -3.53. The van der Waals surface area contributed by atoms with Crippen molar-refractivity contribution in [2.75, 3.05) is 13.1 Å². The highest BCUT2D eigenvalue weighted by Gasteiger charge is 2.32. The van der Waals surface area contributed by atoms with Gasteiger partial charge in [0.2, 0.25) is 10.0 Å². The number of nitrogens with zero attached hydrogens (tertiary/aromatic N) is 2. The molecule has 0 saturated carbocycles. The topological polar surface area (TPSA) is 76.6 Å². The van der Waals surface area contributed by atoms with Gasteiger partial charge < -0.3 is 4.74 Å². The van der Waals surface area contributed by atoms with Crippen LogP contribution in [0.15, 0.2) is 53.4 Å². The number of benzene rings is 2. The third-order valence-electron chi connectivity index (χ3n) is 5.12. The Morgan fingerprint density at radius 1 is 1.14 bits per heavy atom. The Labute approximate surface area is 174 Å². The van der Waals surface area contributed by atoms with Gasteiger partial charge in [-0.2, -0.15) is 4.31 Å². The number of hydrogen-bond acceptors (Lipinski definition) is 6. The molecule has 1 aliphatic heterocycles. The maximum atomic E-state index is 12.8. The summed E-state index contributed by atoms with van der Waals surface area (Å²) in [5.74, 6) is -0.564. The molecule has 0 N–H and O–H groups in total. The van der Waals surface area contributed by atoms with Crippen LogP contribution in [0.3, 0.4) is 0 Å². The van der Waals surface area contributed by atoms with Gasteiger partial charge in [-0.05, 0) is 44.0 Å². The lowest BCUT2D eigenvalue weighted by Crippen LogP contribution is -2.40. The second-order valence-corrected chi connectivity index (χ2v) is 10.2. The van der Waals surface area contributed by atoms with E-state index in [-0.39, 0.29) is 18.5 Å². The summed E-state index contributed by atoms with van der Waals surface area (Å²) in [6.07, 6.45) is 0.924. The number of hydrogen-bond donors (Lipinski definition) is 0. The molecule has 0 unspecified atom stereocenters. The van der Waals surface area contributed by atoms with Gasteiger partial charge in [0.25, 0.3) is 0 Å². The van der Waals surface area contributed by atoms with Crippen molar-refractivity contribution in [3.8, 4) is 0 Å². The van der Waals surface area contributed by atoms with Gasteiger partial charge in [-0.15, -0.1) is 11.3 Å². The monoisotopic (exact) mass is 430 g/mol. The highest BCUT2D eigenvalue weighted by molar-refractivity contribution is 7.89. The number of aryl methyl sites for hydroxylation is 1. The fourth-order valence-electron chi connectivity index (χ4n) is 3.42. The van der Waals surface area contributed by atoms with E-state index >= 15 is 0 Å². The van der Waals surface area contributed by atoms with Gasteiger partial charge in [0.1, 0.15) is 11.6 Å². The molecule has 2 aromatic carbocycles. The fourth-order valence-corrected chi connectivity index (χ4v) is 5.77. The van der Waals surface area contributed by atoms with Gasteiger partial charge >= 0.3 is 5.97 Å². The number of esters is 1. The van der Waals surface area contributed by atoms with Crippen molar-refractivity contribution < 1.29 is 17.9 Å². The Morgan fingerprint density at radius 3 is 2.52 bits per heavy atom. The van der Waals surface area contributed by atoms with E-state index in [0.29, 0.717) is 30.8 Å². The van der Waals surface area contributed by atoms with Gasteiger partial charge in [-0.1, -0.05) is 29.8 Å². The molecule has 152 valence electrons. The molecule has 1 fully saturated rings. The lowest BCUT2D eigenvalue weighted by molar-refractivity contribution is -0.151. The van der Waals surface area contributed by atoms with Gasteiger partial charge in [0, 0.05) is 13.1 Å². The summed E-state index contributed by atoms with van der Waals surface area (Å²) in [4.78, 5) is 17.2. The van der Waals surface area contributed by atoms with Crippen LogP contribution in [0.5, 0.6) is 0 Å². The Hall–Kier alpha value is -2.29. The molecule has 0 bridgehead atoms. The number of piperidine rings is 1. The summed E-state index contributed by atoms with van der Waals surface area (Å²) >= 11 is 1.51. The van der Waals surface area contributed by atoms with Crippen LogP contribution in [0.1, 0.15) is 23.4 Å². The van der Waals surface area contributed by atoms with Crippen LogP contribution in [0.2, 0.25) is 0 Å². The molecule has 2 heterocycles. The van der Waals surface area contributed by atoms with Crippen molar-refractivity contribution in [3.63, 3.8) is 0 Å². The normalized spacial score (nSPS) is 16.2. The predicted octanol–water partition coefficient (Wildman–Crippen LogP) is 3.75. The summed E-state index contributed by atoms with van der Waals surface area (Å²) in [6, 6.07) is 14.6. The van der Waals surface area contributed by atoms with E-state index in [1.807, 2.05) is 31.2 Å². The van der Waals surface area contributed by atoms with Crippen molar-refractivity contribution >= 4 is 37.5 Å². The van der Waals surface area contributed by atoms with E-state index in [2.05, 4.69) is 4.98 Å². The molecule has 3 aromatic rings. The molecule has 1 aromatic heterocycles.